The highest BCUT2D eigenvalue weighted by Gasteiger charge is 2.90. The Balaban J connectivity index is 1.65. The molecule has 7 aliphatic rings. The van der Waals surface area contributed by atoms with Gasteiger partial charge in [0.1, 0.15) is 17.6 Å². The number of ketones is 1. The van der Waals surface area contributed by atoms with Gasteiger partial charge < -0.3 is 29.9 Å². The van der Waals surface area contributed by atoms with Crippen molar-refractivity contribution in [3.05, 3.63) is 12.2 Å². The number of carbonyl (C=O) groups excluding carboxylic acids is 1. The smallest absolute Gasteiger partial charge is 0.208 e. The molecule has 0 amide bonds. The van der Waals surface area contributed by atoms with Crippen molar-refractivity contribution in [1.29, 1.82) is 0 Å². The summed E-state index contributed by atoms with van der Waals surface area (Å²) in [5.74, 6) is -3.90. The molecular formula is C20H26O7. The molecule has 4 aliphatic carbocycles. The quantitative estimate of drug-likeness (QED) is 0.327. The van der Waals surface area contributed by atoms with E-state index in [1.807, 2.05) is 13.8 Å². The lowest BCUT2D eigenvalue weighted by molar-refractivity contribution is -0.450. The SMILES string of the molecule is C=C1C(=O)[C@]23[C@H](O)[C@H]1CC[C@H]2[C@@]12COC3(O)[C@@H](O)[C@@H]1C(C)(C)[C@@H](O)[C@H]1O[C@H]12. The van der Waals surface area contributed by atoms with Gasteiger partial charge in [-0.05, 0) is 29.7 Å². The molecule has 3 heterocycles. The van der Waals surface area contributed by atoms with Crippen LogP contribution in [-0.4, -0.2) is 69.1 Å². The van der Waals surface area contributed by atoms with Crippen LogP contribution in [0.15, 0.2) is 12.2 Å². The number of epoxide rings is 1. The zero-order valence-electron chi connectivity index (χ0n) is 15.5. The van der Waals surface area contributed by atoms with E-state index in [9.17, 15) is 25.2 Å². The maximum absolute atomic E-state index is 13.4. The van der Waals surface area contributed by atoms with E-state index in [-0.39, 0.29) is 24.6 Å². The zero-order valence-corrected chi connectivity index (χ0v) is 15.5. The second-order valence-electron chi connectivity index (χ2n) is 10.2. The second-order valence-corrected chi connectivity index (χ2v) is 10.2. The van der Waals surface area contributed by atoms with Crippen molar-refractivity contribution < 1.29 is 34.7 Å². The third-order valence-corrected chi connectivity index (χ3v) is 9.29. The van der Waals surface area contributed by atoms with Crippen molar-refractivity contribution in [2.24, 2.45) is 34.0 Å². The number of carbonyl (C=O) groups is 1. The average Bonchev–Trinajstić information content (AvgIpc) is 3.40. The van der Waals surface area contributed by atoms with Crippen molar-refractivity contribution in [2.75, 3.05) is 6.61 Å². The predicted octanol–water partition coefficient (Wildman–Crippen LogP) is -0.637. The van der Waals surface area contributed by atoms with E-state index in [0.717, 1.165) is 0 Å². The molecule has 3 saturated heterocycles. The minimum Gasteiger partial charge on any atom is -0.391 e. The molecule has 2 spiro atoms. The lowest BCUT2D eigenvalue weighted by atomic mass is 9.36. The third-order valence-electron chi connectivity index (χ3n) is 9.29. The van der Waals surface area contributed by atoms with Gasteiger partial charge in [0, 0.05) is 17.3 Å². The fraction of sp³-hybridized carbons (Fsp3) is 0.850. The van der Waals surface area contributed by atoms with Gasteiger partial charge in [0.25, 0.3) is 0 Å². The number of ether oxygens (including phenoxy) is 2. The molecule has 148 valence electrons. The lowest BCUT2D eigenvalue weighted by Crippen LogP contribution is -2.85. The Morgan fingerprint density at radius 2 is 1.81 bits per heavy atom. The van der Waals surface area contributed by atoms with Crippen LogP contribution in [0.1, 0.15) is 26.7 Å². The van der Waals surface area contributed by atoms with Gasteiger partial charge in [-0.2, -0.15) is 0 Å². The molecule has 3 aliphatic heterocycles. The normalized spacial score (nSPS) is 64.8. The summed E-state index contributed by atoms with van der Waals surface area (Å²) in [6.45, 7) is 7.79. The zero-order chi connectivity index (χ0) is 19.3. The summed E-state index contributed by atoms with van der Waals surface area (Å²) in [5.41, 5.74) is -2.77. The van der Waals surface area contributed by atoms with Gasteiger partial charge >= 0.3 is 0 Å². The number of aliphatic hydroxyl groups is 4. The molecule has 7 nitrogen and oxygen atoms in total. The van der Waals surface area contributed by atoms with Crippen LogP contribution in [0, 0.1) is 34.0 Å². The fourth-order valence-corrected chi connectivity index (χ4v) is 8.24. The topological polar surface area (TPSA) is 120 Å². The van der Waals surface area contributed by atoms with Crippen LogP contribution < -0.4 is 0 Å². The molecule has 7 fully saturated rings. The third kappa shape index (κ3) is 1.35. The van der Waals surface area contributed by atoms with Crippen molar-refractivity contribution >= 4 is 5.78 Å². The van der Waals surface area contributed by atoms with Crippen LogP contribution in [0.2, 0.25) is 0 Å². The van der Waals surface area contributed by atoms with Crippen LogP contribution in [0.5, 0.6) is 0 Å². The van der Waals surface area contributed by atoms with Crippen molar-refractivity contribution in [3.8, 4) is 0 Å². The molecule has 27 heavy (non-hydrogen) atoms. The van der Waals surface area contributed by atoms with Gasteiger partial charge in [-0.15, -0.1) is 0 Å². The summed E-state index contributed by atoms with van der Waals surface area (Å²) < 4.78 is 11.8. The van der Waals surface area contributed by atoms with E-state index >= 15 is 0 Å². The number of hydrogen-bond acceptors (Lipinski definition) is 7. The molecule has 0 radical (unpaired) electrons. The first-order chi connectivity index (χ1) is 12.6. The Bertz CT molecular complexity index is 793. The van der Waals surface area contributed by atoms with Crippen LogP contribution in [0.4, 0.5) is 0 Å². The molecule has 4 N–H and O–H groups in total. The number of aliphatic hydroxyl groups excluding tert-OH is 3. The van der Waals surface area contributed by atoms with Crippen LogP contribution in [0.25, 0.3) is 0 Å². The Kier molecular flexibility index (Phi) is 2.75. The fourth-order valence-electron chi connectivity index (χ4n) is 8.24. The average molecular weight is 378 g/mol. The Morgan fingerprint density at radius 3 is 2.52 bits per heavy atom. The molecule has 7 rings (SSSR count). The highest BCUT2D eigenvalue weighted by molar-refractivity contribution is 6.05. The molecule has 7 heteroatoms. The predicted molar refractivity (Wildman–Crippen MR) is 90.1 cm³/mol. The summed E-state index contributed by atoms with van der Waals surface area (Å²) in [6, 6.07) is 0. The minimum atomic E-state index is -2.20. The van der Waals surface area contributed by atoms with Gasteiger partial charge in [0.15, 0.2) is 5.78 Å². The summed E-state index contributed by atoms with van der Waals surface area (Å²) >= 11 is 0. The van der Waals surface area contributed by atoms with Crippen molar-refractivity contribution in [3.63, 3.8) is 0 Å². The van der Waals surface area contributed by atoms with Gasteiger partial charge in [-0.25, -0.2) is 0 Å². The number of rotatable bonds is 0. The van der Waals surface area contributed by atoms with Crippen LogP contribution in [0.3, 0.4) is 0 Å². The van der Waals surface area contributed by atoms with Gasteiger partial charge in [0.05, 0.1) is 24.9 Å². The monoisotopic (exact) mass is 378 g/mol. The summed E-state index contributed by atoms with van der Waals surface area (Å²) in [4.78, 5) is 13.4. The van der Waals surface area contributed by atoms with E-state index in [1.54, 1.807) is 0 Å². The van der Waals surface area contributed by atoms with Gasteiger partial charge in [-0.3, -0.25) is 4.79 Å². The molecule has 11 atom stereocenters. The van der Waals surface area contributed by atoms with Gasteiger partial charge in [0.2, 0.25) is 5.79 Å². The van der Waals surface area contributed by atoms with E-state index in [1.165, 1.54) is 0 Å². The first-order valence-electron chi connectivity index (χ1n) is 9.87. The molecule has 0 aromatic heterocycles. The highest BCUT2D eigenvalue weighted by atomic mass is 16.7. The minimum absolute atomic E-state index is 0.145. The summed E-state index contributed by atoms with van der Waals surface area (Å²) in [6.07, 6.45) is -2.82. The Labute approximate surface area is 157 Å². The molecular weight excluding hydrogens is 352 g/mol. The molecule has 1 unspecified atom stereocenters. The van der Waals surface area contributed by atoms with E-state index < -0.39 is 58.1 Å². The second kappa shape index (κ2) is 4.35. The highest BCUT2D eigenvalue weighted by Crippen LogP contribution is 2.78. The Morgan fingerprint density at radius 1 is 1.11 bits per heavy atom. The maximum Gasteiger partial charge on any atom is 0.208 e. The van der Waals surface area contributed by atoms with E-state index in [2.05, 4.69) is 6.58 Å². The molecule has 4 bridgehead atoms. The summed E-state index contributed by atoms with van der Waals surface area (Å²) in [7, 11) is 0. The van der Waals surface area contributed by atoms with Crippen LogP contribution >= 0.6 is 0 Å². The molecule has 4 saturated carbocycles. The van der Waals surface area contributed by atoms with Gasteiger partial charge in [-0.1, -0.05) is 20.4 Å². The van der Waals surface area contributed by atoms with Crippen molar-refractivity contribution in [2.45, 2.75) is 63.0 Å². The first kappa shape index (κ1) is 17.1. The van der Waals surface area contributed by atoms with E-state index in [0.29, 0.717) is 18.4 Å². The van der Waals surface area contributed by atoms with Crippen molar-refractivity contribution in [1.82, 2.24) is 0 Å². The van der Waals surface area contributed by atoms with E-state index in [4.69, 9.17) is 9.47 Å². The standard InChI is InChI=1S/C20H26O7/c1-7-8-4-5-9-18-6-26-20(25,19(9,12(7)21)13(8)22)15(24)11(18)17(2,3)14(23)10-16(18)27-10/h8-11,13-16,22-25H,1,4-6H2,2-3H3/t8-,9-,10+,11+,13+,14-,15-,16+,18-,19-,20?/m0/s1. The number of hydrogen-bond donors (Lipinski definition) is 4. The largest absolute Gasteiger partial charge is 0.391 e. The molecule has 0 aromatic rings. The lowest BCUT2D eigenvalue weighted by Gasteiger charge is -2.73. The first-order valence-corrected chi connectivity index (χ1v) is 9.87. The molecule has 0 aromatic carbocycles. The number of fused-ring (bicyclic) bond motifs is 3. The summed E-state index contributed by atoms with van der Waals surface area (Å²) in [5, 5.41) is 45.0. The Hall–Kier alpha value is -0.830. The maximum atomic E-state index is 13.4. The number of Topliss-reactive ketones (excluding diaryl/α,β-unsaturated/α-hetero) is 1. The van der Waals surface area contributed by atoms with Crippen LogP contribution in [-0.2, 0) is 14.3 Å².